The Morgan fingerprint density at radius 2 is 1.93 bits per heavy atom. The fourth-order valence-corrected chi connectivity index (χ4v) is 1.66. The Labute approximate surface area is 86.6 Å². The predicted octanol–water partition coefficient (Wildman–Crippen LogP) is 2.49. The van der Waals surface area contributed by atoms with Gasteiger partial charge in [-0.3, -0.25) is 10.1 Å². The number of hydrogen-bond donors (Lipinski definition) is 0. The molecule has 1 aromatic carbocycles. The number of aliphatic imine (C=N–C) groups is 1. The largest absolute Gasteiger partial charge is 0.277 e. The lowest BCUT2D eigenvalue weighted by atomic mass is 10.0. The van der Waals surface area contributed by atoms with E-state index in [0.29, 0.717) is 16.8 Å². The van der Waals surface area contributed by atoms with Gasteiger partial charge in [0.1, 0.15) is 0 Å². The van der Waals surface area contributed by atoms with Crippen molar-refractivity contribution in [3.05, 3.63) is 32.9 Å². The maximum Gasteiger partial charge on any atom is 0.277 e. The topological polar surface area (TPSA) is 72.6 Å². The third-order valence-corrected chi connectivity index (χ3v) is 2.23. The molecule has 0 amide bonds. The number of rotatable bonds is 2. The molecule has 0 bridgehead atoms. The summed E-state index contributed by atoms with van der Waals surface area (Å²) in [6.07, 6.45) is 1.40. The normalized spacial score (nSPS) is 9.53. The highest BCUT2D eigenvalue weighted by Gasteiger charge is 2.19. The number of carbonyl (C=O) groups excluding carboxylic acids is 1. The number of aryl methyl sites for hydroxylation is 2. The molecular formula is C10H10N2O3. The zero-order valence-corrected chi connectivity index (χ0v) is 8.70. The fraction of sp³-hybridized carbons (Fsp3) is 0.300. The van der Waals surface area contributed by atoms with Gasteiger partial charge < -0.3 is 0 Å². The molecule has 0 heterocycles. The molecular weight excluding hydrogens is 196 g/mol. The zero-order valence-electron chi connectivity index (χ0n) is 8.70. The standard InChI is InChI=1S/C10H10N2O3/c1-6-4-7(2)10(12(14)15)8(3)9(6)11-5-13/h4H,1-3H3. The van der Waals surface area contributed by atoms with Crippen LogP contribution >= 0.6 is 0 Å². The minimum Gasteiger partial charge on any atom is -0.258 e. The number of nitro benzene ring substituents is 1. The molecule has 0 saturated heterocycles. The van der Waals surface area contributed by atoms with E-state index in [-0.39, 0.29) is 5.69 Å². The number of isocyanates is 1. The van der Waals surface area contributed by atoms with E-state index in [2.05, 4.69) is 4.99 Å². The van der Waals surface area contributed by atoms with Crippen molar-refractivity contribution in [2.75, 3.05) is 0 Å². The first-order valence-corrected chi connectivity index (χ1v) is 4.32. The summed E-state index contributed by atoms with van der Waals surface area (Å²) in [6.45, 7) is 4.99. The lowest BCUT2D eigenvalue weighted by molar-refractivity contribution is -0.386. The summed E-state index contributed by atoms with van der Waals surface area (Å²) in [5.74, 6) is 0. The van der Waals surface area contributed by atoms with Crippen LogP contribution in [0.25, 0.3) is 0 Å². The molecule has 0 atom stereocenters. The summed E-state index contributed by atoms with van der Waals surface area (Å²) in [6, 6.07) is 1.64. The van der Waals surface area contributed by atoms with Crippen molar-refractivity contribution < 1.29 is 9.72 Å². The first-order chi connectivity index (χ1) is 6.99. The van der Waals surface area contributed by atoms with Crippen molar-refractivity contribution in [2.45, 2.75) is 20.8 Å². The van der Waals surface area contributed by atoms with Gasteiger partial charge >= 0.3 is 0 Å². The molecule has 0 N–H and O–H groups in total. The van der Waals surface area contributed by atoms with Gasteiger partial charge in [0.2, 0.25) is 6.08 Å². The van der Waals surface area contributed by atoms with Crippen LogP contribution in [0.2, 0.25) is 0 Å². The Morgan fingerprint density at radius 1 is 1.33 bits per heavy atom. The molecule has 0 aromatic heterocycles. The van der Waals surface area contributed by atoms with E-state index in [1.165, 1.54) is 6.08 Å². The second kappa shape index (κ2) is 4.02. The van der Waals surface area contributed by atoms with Crippen molar-refractivity contribution >= 4 is 17.5 Å². The van der Waals surface area contributed by atoms with Gasteiger partial charge in [0.15, 0.2) is 0 Å². The van der Waals surface area contributed by atoms with Gasteiger partial charge in [-0.1, -0.05) is 0 Å². The molecule has 0 radical (unpaired) electrons. The van der Waals surface area contributed by atoms with Crippen LogP contribution in [0, 0.1) is 30.9 Å². The summed E-state index contributed by atoms with van der Waals surface area (Å²) < 4.78 is 0. The predicted molar refractivity (Wildman–Crippen MR) is 55.1 cm³/mol. The van der Waals surface area contributed by atoms with E-state index in [0.717, 1.165) is 5.56 Å². The van der Waals surface area contributed by atoms with Crippen LogP contribution in [-0.4, -0.2) is 11.0 Å². The van der Waals surface area contributed by atoms with Crippen LogP contribution < -0.4 is 0 Å². The summed E-state index contributed by atoms with van der Waals surface area (Å²) in [5, 5.41) is 10.8. The zero-order chi connectivity index (χ0) is 11.6. The highest BCUT2D eigenvalue weighted by atomic mass is 16.6. The summed E-state index contributed by atoms with van der Waals surface area (Å²) in [4.78, 5) is 24.0. The lowest BCUT2D eigenvalue weighted by Gasteiger charge is -2.06. The van der Waals surface area contributed by atoms with Crippen LogP contribution in [0.1, 0.15) is 16.7 Å². The van der Waals surface area contributed by atoms with Gasteiger partial charge in [-0.05, 0) is 32.4 Å². The van der Waals surface area contributed by atoms with E-state index in [4.69, 9.17) is 0 Å². The molecule has 78 valence electrons. The van der Waals surface area contributed by atoms with Gasteiger partial charge in [0, 0.05) is 5.56 Å². The Bertz CT molecular complexity index is 448. The van der Waals surface area contributed by atoms with Crippen molar-refractivity contribution in [2.24, 2.45) is 4.99 Å². The fourth-order valence-electron chi connectivity index (χ4n) is 1.66. The van der Waals surface area contributed by atoms with Gasteiger partial charge in [-0.2, -0.15) is 4.99 Å². The number of nitrogens with zero attached hydrogens (tertiary/aromatic N) is 2. The molecule has 1 rings (SSSR count). The molecule has 0 aliphatic heterocycles. The van der Waals surface area contributed by atoms with Crippen molar-refractivity contribution in [1.29, 1.82) is 0 Å². The van der Waals surface area contributed by atoms with Crippen LogP contribution in [-0.2, 0) is 4.79 Å². The van der Waals surface area contributed by atoms with Crippen molar-refractivity contribution in [3.63, 3.8) is 0 Å². The number of benzene rings is 1. The maximum atomic E-state index is 10.8. The monoisotopic (exact) mass is 206 g/mol. The van der Waals surface area contributed by atoms with Gasteiger partial charge in [-0.25, -0.2) is 4.79 Å². The first kappa shape index (κ1) is 11.1. The molecule has 5 nitrogen and oxygen atoms in total. The Balaban J connectivity index is 3.63. The van der Waals surface area contributed by atoms with E-state index in [1.54, 1.807) is 26.8 Å². The maximum absolute atomic E-state index is 10.8. The first-order valence-electron chi connectivity index (χ1n) is 4.32. The molecule has 0 fully saturated rings. The molecule has 0 spiro atoms. The SMILES string of the molecule is Cc1cc(C)c([N+](=O)[O-])c(C)c1N=C=O. The number of nitro groups is 1. The smallest absolute Gasteiger partial charge is 0.258 e. The average Bonchev–Trinajstić information content (AvgIpc) is 2.11. The third-order valence-electron chi connectivity index (χ3n) is 2.23. The second-order valence-corrected chi connectivity index (χ2v) is 3.29. The highest BCUT2D eigenvalue weighted by Crippen LogP contribution is 2.33. The van der Waals surface area contributed by atoms with E-state index in [9.17, 15) is 14.9 Å². The Morgan fingerprint density at radius 3 is 2.40 bits per heavy atom. The Kier molecular flexibility index (Phi) is 2.97. The van der Waals surface area contributed by atoms with Crippen LogP contribution in [0.15, 0.2) is 11.1 Å². The average molecular weight is 206 g/mol. The second-order valence-electron chi connectivity index (χ2n) is 3.29. The molecule has 15 heavy (non-hydrogen) atoms. The Hall–Kier alpha value is -2.00. The van der Waals surface area contributed by atoms with Crippen LogP contribution in [0.5, 0.6) is 0 Å². The highest BCUT2D eigenvalue weighted by molar-refractivity contribution is 5.66. The van der Waals surface area contributed by atoms with Gasteiger partial charge in [-0.15, -0.1) is 0 Å². The summed E-state index contributed by atoms with van der Waals surface area (Å²) >= 11 is 0. The molecule has 0 saturated carbocycles. The minimum atomic E-state index is -0.464. The van der Waals surface area contributed by atoms with E-state index in [1.807, 2.05) is 0 Å². The molecule has 0 aliphatic rings. The van der Waals surface area contributed by atoms with Crippen molar-refractivity contribution in [1.82, 2.24) is 0 Å². The minimum absolute atomic E-state index is 0.00889. The summed E-state index contributed by atoms with van der Waals surface area (Å²) in [5.41, 5.74) is 2.05. The van der Waals surface area contributed by atoms with Crippen LogP contribution in [0.3, 0.4) is 0 Å². The molecule has 0 aliphatic carbocycles. The van der Waals surface area contributed by atoms with E-state index >= 15 is 0 Å². The van der Waals surface area contributed by atoms with E-state index < -0.39 is 4.92 Å². The molecule has 0 unspecified atom stereocenters. The third kappa shape index (κ3) is 1.92. The summed E-state index contributed by atoms with van der Waals surface area (Å²) in [7, 11) is 0. The number of hydrogen-bond acceptors (Lipinski definition) is 4. The van der Waals surface area contributed by atoms with Gasteiger partial charge in [0.05, 0.1) is 16.2 Å². The van der Waals surface area contributed by atoms with Gasteiger partial charge in [0.25, 0.3) is 5.69 Å². The molecule has 1 aromatic rings. The van der Waals surface area contributed by atoms with Crippen molar-refractivity contribution in [3.8, 4) is 0 Å². The lowest BCUT2D eigenvalue weighted by Crippen LogP contribution is -1.96. The quantitative estimate of drug-likeness (QED) is 0.323. The molecule has 5 heteroatoms. The van der Waals surface area contributed by atoms with Crippen LogP contribution in [0.4, 0.5) is 11.4 Å².